The highest BCUT2D eigenvalue weighted by atomic mass is 16.4. The molecule has 0 bridgehead atoms. The van der Waals surface area contributed by atoms with Gasteiger partial charge in [0.25, 0.3) is 0 Å². The number of benzene rings is 1. The molecule has 1 aromatic rings. The van der Waals surface area contributed by atoms with Gasteiger partial charge in [-0.2, -0.15) is 0 Å². The van der Waals surface area contributed by atoms with Gasteiger partial charge in [0.05, 0.1) is 13.0 Å². The first-order valence-corrected chi connectivity index (χ1v) is 6.46. The van der Waals surface area contributed by atoms with Crippen LogP contribution < -0.4 is 5.32 Å². The van der Waals surface area contributed by atoms with Crippen LogP contribution in [0.5, 0.6) is 0 Å². The fraction of sp³-hybridized carbons (Fsp3) is 0.429. The molecular weight excluding hydrogens is 244 g/mol. The maximum Gasteiger partial charge on any atom is 0.304 e. The van der Waals surface area contributed by atoms with Gasteiger partial charge < -0.3 is 10.4 Å². The van der Waals surface area contributed by atoms with Crippen molar-refractivity contribution >= 4 is 17.6 Å². The zero-order valence-corrected chi connectivity index (χ0v) is 10.7. The molecule has 1 heterocycles. The van der Waals surface area contributed by atoms with Crippen molar-refractivity contribution < 1.29 is 14.7 Å². The van der Waals surface area contributed by atoms with Crippen molar-refractivity contribution in [3.8, 4) is 0 Å². The average molecular weight is 262 g/mol. The average Bonchev–Trinajstić information content (AvgIpc) is 2.77. The number of carboxylic acid groups (broad SMARTS) is 1. The number of carbonyl (C=O) groups excluding carboxylic acids is 1. The topological polar surface area (TPSA) is 69.6 Å². The van der Waals surface area contributed by atoms with E-state index in [2.05, 4.69) is 5.32 Å². The van der Waals surface area contributed by atoms with Crippen LogP contribution in [0.2, 0.25) is 0 Å². The van der Waals surface area contributed by atoms with Crippen molar-refractivity contribution in [1.82, 2.24) is 4.90 Å². The quantitative estimate of drug-likeness (QED) is 0.845. The number of hydrogen-bond acceptors (Lipinski definition) is 3. The Morgan fingerprint density at radius 2 is 2.05 bits per heavy atom. The molecule has 102 valence electrons. The SMILES string of the molecule is O=C(O)CC1CCCN1CC(=O)Nc1ccccc1. The number of carbonyl (C=O) groups is 2. The summed E-state index contributed by atoms with van der Waals surface area (Å²) >= 11 is 0. The number of aliphatic carboxylic acids is 1. The van der Waals surface area contributed by atoms with Crippen molar-refractivity contribution in [3.63, 3.8) is 0 Å². The molecule has 5 nitrogen and oxygen atoms in total. The Bertz CT molecular complexity index is 447. The first-order valence-electron chi connectivity index (χ1n) is 6.46. The third kappa shape index (κ3) is 4.06. The summed E-state index contributed by atoms with van der Waals surface area (Å²) in [4.78, 5) is 24.6. The zero-order valence-electron chi connectivity index (χ0n) is 10.7. The highest BCUT2D eigenvalue weighted by Crippen LogP contribution is 2.19. The summed E-state index contributed by atoms with van der Waals surface area (Å²) in [5, 5.41) is 11.6. The highest BCUT2D eigenvalue weighted by Gasteiger charge is 2.27. The Labute approximate surface area is 112 Å². The van der Waals surface area contributed by atoms with E-state index in [-0.39, 0.29) is 24.9 Å². The minimum atomic E-state index is -0.805. The van der Waals surface area contributed by atoms with E-state index in [0.717, 1.165) is 25.1 Å². The Hall–Kier alpha value is -1.88. The van der Waals surface area contributed by atoms with Crippen LogP contribution in [0.15, 0.2) is 30.3 Å². The van der Waals surface area contributed by atoms with Crippen molar-refractivity contribution in [3.05, 3.63) is 30.3 Å². The molecule has 0 saturated carbocycles. The number of rotatable bonds is 5. The number of anilines is 1. The number of nitrogens with one attached hydrogen (secondary N) is 1. The largest absolute Gasteiger partial charge is 0.481 e. The van der Waals surface area contributed by atoms with E-state index >= 15 is 0 Å². The summed E-state index contributed by atoms with van der Waals surface area (Å²) < 4.78 is 0. The zero-order chi connectivity index (χ0) is 13.7. The molecule has 1 amide bonds. The first kappa shape index (κ1) is 13.5. The van der Waals surface area contributed by atoms with Crippen LogP contribution in [-0.2, 0) is 9.59 Å². The molecular formula is C14H18N2O3. The minimum Gasteiger partial charge on any atom is -0.481 e. The number of nitrogens with zero attached hydrogens (tertiary/aromatic N) is 1. The minimum absolute atomic E-state index is 0.0148. The molecule has 0 aliphatic carbocycles. The summed E-state index contributed by atoms with van der Waals surface area (Å²) in [5.41, 5.74) is 0.765. The van der Waals surface area contributed by atoms with Gasteiger partial charge in [0.15, 0.2) is 0 Å². The molecule has 1 atom stereocenters. The Morgan fingerprint density at radius 1 is 1.32 bits per heavy atom. The van der Waals surface area contributed by atoms with Crippen LogP contribution in [0.1, 0.15) is 19.3 Å². The Morgan fingerprint density at radius 3 is 2.74 bits per heavy atom. The van der Waals surface area contributed by atoms with Gasteiger partial charge in [0, 0.05) is 11.7 Å². The molecule has 1 fully saturated rings. The van der Waals surface area contributed by atoms with Crippen molar-refractivity contribution in [1.29, 1.82) is 0 Å². The van der Waals surface area contributed by atoms with Crippen LogP contribution in [0, 0.1) is 0 Å². The fourth-order valence-electron chi connectivity index (χ4n) is 2.44. The van der Waals surface area contributed by atoms with Gasteiger partial charge in [0.1, 0.15) is 0 Å². The molecule has 0 spiro atoms. The molecule has 0 radical (unpaired) electrons. The molecule has 19 heavy (non-hydrogen) atoms. The van der Waals surface area contributed by atoms with E-state index in [0.29, 0.717) is 0 Å². The van der Waals surface area contributed by atoms with E-state index in [1.54, 1.807) is 0 Å². The second-order valence-corrected chi connectivity index (χ2v) is 4.78. The van der Waals surface area contributed by atoms with E-state index in [9.17, 15) is 9.59 Å². The monoisotopic (exact) mass is 262 g/mol. The van der Waals surface area contributed by atoms with Crippen molar-refractivity contribution in [2.75, 3.05) is 18.4 Å². The maximum atomic E-state index is 11.9. The molecule has 2 N–H and O–H groups in total. The van der Waals surface area contributed by atoms with Crippen LogP contribution in [0.4, 0.5) is 5.69 Å². The summed E-state index contributed by atoms with van der Waals surface area (Å²) in [6, 6.07) is 9.25. The van der Waals surface area contributed by atoms with E-state index in [4.69, 9.17) is 5.11 Å². The van der Waals surface area contributed by atoms with E-state index in [1.807, 2.05) is 35.2 Å². The van der Waals surface area contributed by atoms with Gasteiger partial charge in [-0.25, -0.2) is 0 Å². The van der Waals surface area contributed by atoms with Gasteiger partial charge in [-0.15, -0.1) is 0 Å². The normalized spacial score (nSPS) is 19.3. The number of amides is 1. The Kier molecular flexibility index (Phi) is 4.52. The summed E-state index contributed by atoms with van der Waals surface area (Å²) in [6.07, 6.45) is 1.92. The van der Waals surface area contributed by atoms with Crippen molar-refractivity contribution in [2.24, 2.45) is 0 Å². The van der Waals surface area contributed by atoms with Gasteiger partial charge in [0.2, 0.25) is 5.91 Å². The summed E-state index contributed by atoms with van der Waals surface area (Å²) in [5.74, 6) is -0.899. The van der Waals surface area contributed by atoms with Gasteiger partial charge in [-0.3, -0.25) is 14.5 Å². The predicted molar refractivity (Wildman–Crippen MR) is 71.9 cm³/mol. The number of hydrogen-bond donors (Lipinski definition) is 2. The first-order chi connectivity index (χ1) is 9.15. The van der Waals surface area contributed by atoms with Gasteiger partial charge in [-0.1, -0.05) is 18.2 Å². The van der Waals surface area contributed by atoms with Crippen LogP contribution >= 0.6 is 0 Å². The molecule has 0 aromatic heterocycles. The molecule has 1 aromatic carbocycles. The van der Waals surface area contributed by atoms with Crippen LogP contribution in [0.25, 0.3) is 0 Å². The molecule has 1 aliphatic heterocycles. The lowest BCUT2D eigenvalue weighted by molar-refractivity contribution is -0.138. The molecule has 1 saturated heterocycles. The number of para-hydroxylation sites is 1. The molecule has 5 heteroatoms. The van der Waals surface area contributed by atoms with E-state index in [1.165, 1.54) is 0 Å². The highest BCUT2D eigenvalue weighted by molar-refractivity contribution is 5.92. The van der Waals surface area contributed by atoms with Gasteiger partial charge in [-0.05, 0) is 31.5 Å². The summed E-state index contributed by atoms with van der Waals surface area (Å²) in [6.45, 7) is 1.05. The third-order valence-corrected chi connectivity index (χ3v) is 3.31. The number of carboxylic acids is 1. The second kappa shape index (κ2) is 6.33. The lowest BCUT2D eigenvalue weighted by atomic mass is 10.1. The second-order valence-electron chi connectivity index (χ2n) is 4.78. The van der Waals surface area contributed by atoms with Crippen LogP contribution in [-0.4, -0.2) is 41.0 Å². The van der Waals surface area contributed by atoms with Crippen molar-refractivity contribution in [2.45, 2.75) is 25.3 Å². The lowest BCUT2D eigenvalue weighted by Crippen LogP contribution is -2.37. The number of likely N-dealkylation sites (tertiary alicyclic amines) is 1. The van der Waals surface area contributed by atoms with Crippen LogP contribution in [0.3, 0.4) is 0 Å². The Balaban J connectivity index is 1.86. The smallest absolute Gasteiger partial charge is 0.304 e. The standard InChI is InChI=1S/C14H18N2O3/c17-13(15-11-5-2-1-3-6-11)10-16-8-4-7-12(16)9-14(18)19/h1-3,5-6,12H,4,7-10H2,(H,15,17)(H,18,19). The molecule has 2 rings (SSSR count). The van der Waals surface area contributed by atoms with Gasteiger partial charge >= 0.3 is 5.97 Å². The fourth-order valence-corrected chi connectivity index (χ4v) is 2.44. The lowest BCUT2D eigenvalue weighted by Gasteiger charge is -2.22. The maximum absolute atomic E-state index is 11.9. The summed E-state index contributed by atoms with van der Waals surface area (Å²) in [7, 11) is 0. The molecule has 1 aliphatic rings. The third-order valence-electron chi connectivity index (χ3n) is 3.31. The van der Waals surface area contributed by atoms with E-state index < -0.39 is 5.97 Å². The molecule has 1 unspecified atom stereocenters. The predicted octanol–water partition coefficient (Wildman–Crippen LogP) is 1.56.